The molecule has 9 heteroatoms. The zero-order valence-electron chi connectivity index (χ0n) is 15.5. The first-order chi connectivity index (χ1) is 13.9. The van der Waals surface area contributed by atoms with Crippen LogP contribution in [0.1, 0.15) is 27.8 Å². The van der Waals surface area contributed by atoms with Gasteiger partial charge >= 0.3 is 5.97 Å². The molecule has 1 amide bonds. The Labute approximate surface area is 175 Å². The molecule has 0 saturated carbocycles. The molecular weight excluding hydrogens is 412 g/mol. The zero-order valence-corrected chi connectivity index (χ0v) is 17.1. The molecule has 0 fully saturated rings. The largest absolute Gasteiger partial charge is 0.477 e. The predicted octanol–water partition coefficient (Wildman–Crippen LogP) is 2.82. The van der Waals surface area contributed by atoms with Crippen molar-refractivity contribution in [3.63, 3.8) is 0 Å². The van der Waals surface area contributed by atoms with E-state index in [0.717, 1.165) is 21.9 Å². The lowest BCUT2D eigenvalue weighted by atomic mass is 10.1. The smallest absolute Gasteiger partial charge is 0.352 e. The molecule has 1 atom stereocenters. The molecule has 7 nitrogen and oxygen atoms in total. The average molecular weight is 431 g/mol. The number of hydrogen-bond donors (Lipinski definition) is 2. The Balaban J connectivity index is 1.82. The Morgan fingerprint density at radius 2 is 1.93 bits per heavy atom. The van der Waals surface area contributed by atoms with Crippen LogP contribution in [0.4, 0.5) is 0 Å². The summed E-state index contributed by atoms with van der Waals surface area (Å²) >= 11 is 2.19. The second kappa shape index (κ2) is 9.15. The quantitative estimate of drug-likeness (QED) is 0.726. The van der Waals surface area contributed by atoms with Gasteiger partial charge in [0.25, 0.3) is 5.91 Å². The molecule has 2 heterocycles. The molecule has 1 unspecified atom stereocenters. The predicted molar refractivity (Wildman–Crippen MR) is 111 cm³/mol. The number of aromatic carboxylic acids is 1. The number of nitrogens with zero attached hydrogens (tertiary/aromatic N) is 1. The van der Waals surface area contributed by atoms with Crippen molar-refractivity contribution in [2.24, 2.45) is 0 Å². The highest BCUT2D eigenvalue weighted by Gasteiger charge is 2.28. The molecule has 1 aliphatic rings. The summed E-state index contributed by atoms with van der Waals surface area (Å²) in [4.78, 5) is 48.8. The number of thioether (sulfide) groups is 2. The summed E-state index contributed by atoms with van der Waals surface area (Å²) < 4.78 is 1.08. The van der Waals surface area contributed by atoms with E-state index >= 15 is 0 Å². The Morgan fingerprint density at radius 3 is 2.59 bits per heavy atom. The molecule has 2 aromatic rings. The van der Waals surface area contributed by atoms with Crippen LogP contribution in [-0.4, -0.2) is 43.6 Å². The van der Waals surface area contributed by atoms with E-state index in [-0.39, 0.29) is 16.5 Å². The molecule has 2 N–H and O–H groups in total. The first-order valence-corrected chi connectivity index (χ1v) is 10.6. The van der Waals surface area contributed by atoms with Crippen molar-refractivity contribution in [1.82, 2.24) is 9.88 Å². The molecule has 0 aliphatic carbocycles. The number of nitrogens with one attached hydrogen (secondary N) is 1. The number of amides is 1. The first-order valence-electron chi connectivity index (χ1n) is 8.71. The van der Waals surface area contributed by atoms with Crippen molar-refractivity contribution in [2.45, 2.75) is 23.6 Å². The molecule has 29 heavy (non-hydrogen) atoms. The van der Waals surface area contributed by atoms with Crippen LogP contribution in [0.2, 0.25) is 0 Å². The van der Waals surface area contributed by atoms with Gasteiger partial charge in [0.15, 0.2) is 5.12 Å². The van der Waals surface area contributed by atoms with Crippen molar-refractivity contribution in [2.75, 3.05) is 5.75 Å². The van der Waals surface area contributed by atoms with Crippen molar-refractivity contribution < 1.29 is 24.3 Å². The number of carbonyl (C=O) groups excluding carboxylic acids is 3. The van der Waals surface area contributed by atoms with Crippen LogP contribution in [-0.2, 0) is 16.0 Å². The number of hydrogen-bond acceptors (Lipinski definition) is 6. The van der Waals surface area contributed by atoms with Crippen molar-refractivity contribution in [3.05, 3.63) is 65.5 Å². The van der Waals surface area contributed by atoms with Gasteiger partial charge in [-0.05, 0) is 30.2 Å². The maximum Gasteiger partial charge on any atom is 0.352 e. The van der Waals surface area contributed by atoms with Gasteiger partial charge in [0.2, 0.25) is 5.91 Å². The highest BCUT2D eigenvalue weighted by molar-refractivity contribution is 8.14. The average Bonchev–Trinajstić information content (AvgIpc) is 3.04. The lowest BCUT2D eigenvalue weighted by Gasteiger charge is -2.17. The normalized spacial score (nSPS) is 14.4. The highest BCUT2D eigenvalue weighted by Crippen LogP contribution is 2.26. The minimum Gasteiger partial charge on any atom is -0.477 e. The maximum atomic E-state index is 12.9. The summed E-state index contributed by atoms with van der Waals surface area (Å²) in [5, 5.41) is 11.5. The molecule has 1 aliphatic heterocycles. The first kappa shape index (κ1) is 20.9. The molecule has 0 saturated heterocycles. The second-order valence-corrected chi connectivity index (χ2v) is 8.63. The fourth-order valence-electron chi connectivity index (χ4n) is 2.86. The minimum atomic E-state index is -1.23. The third-order valence-electron chi connectivity index (χ3n) is 4.14. The monoisotopic (exact) mass is 430 g/mol. The third kappa shape index (κ3) is 4.99. The molecular formula is C20H18N2O5S2. The van der Waals surface area contributed by atoms with Crippen LogP contribution in [0.3, 0.4) is 0 Å². The topological polar surface area (TPSA) is 105 Å². The molecule has 1 aromatic carbocycles. The van der Waals surface area contributed by atoms with Gasteiger partial charge in [-0.2, -0.15) is 0 Å². The van der Waals surface area contributed by atoms with Crippen LogP contribution in [0, 0.1) is 0 Å². The van der Waals surface area contributed by atoms with Crippen LogP contribution < -0.4 is 5.32 Å². The number of carboxylic acids is 1. The molecule has 150 valence electrons. The lowest BCUT2D eigenvalue weighted by molar-refractivity contribution is -0.120. The van der Waals surface area contributed by atoms with Crippen LogP contribution in [0.15, 0.2) is 59.3 Å². The summed E-state index contributed by atoms with van der Waals surface area (Å²) in [6.45, 7) is 1.38. The van der Waals surface area contributed by atoms with Crippen molar-refractivity contribution in [1.29, 1.82) is 0 Å². The standard InChI is InChI=1S/C20H18N2O5S2/c1-12(23)29-16(11-13-5-3-2-4-6-13)18(24)21-14-9-10-28-17-8-7-15(20(26)27)22(17)19(14)25/h2-9,16H,10-11H2,1H3,(H,21,24)(H,26,27). The summed E-state index contributed by atoms with van der Waals surface area (Å²) in [6, 6.07) is 12.2. The number of rotatable bonds is 6. The van der Waals surface area contributed by atoms with Gasteiger partial charge in [-0.3, -0.25) is 19.0 Å². The van der Waals surface area contributed by atoms with Gasteiger partial charge < -0.3 is 10.4 Å². The molecule has 0 radical (unpaired) electrons. The molecule has 1 aromatic heterocycles. The Hall–Kier alpha value is -2.78. The van der Waals surface area contributed by atoms with E-state index in [1.807, 2.05) is 30.3 Å². The summed E-state index contributed by atoms with van der Waals surface area (Å²) in [5.41, 5.74) is 0.722. The minimum absolute atomic E-state index is 0.00200. The van der Waals surface area contributed by atoms with Gasteiger partial charge in [-0.15, -0.1) is 11.8 Å². The highest BCUT2D eigenvalue weighted by atomic mass is 32.2. The van der Waals surface area contributed by atoms with Crippen LogP contribution in [0.5, 0.6) is 0 Å². The Morgan fingerprint density at radius 1 is 1.21 bits per heavy atom. The van der Waals surface area contributed by atoms with E-state index in [0.29, 0.717) is 17.2 Å². The molecule has 0 bridgehead atoms. The van der Waals surface area contributed by atoms with Gasteiger partial charge in [0.05, 0.1) is 10.3 Å². The van der Waals surface area contributed by atoms with E-state index in [1.165, 1.54) is 24.8 Å². The second-order valence-electron chi connectivity index (χ2n) is 6.21. The van der Waals surface area contributed by atoms with E-state index in [9.17, 15) is 24.3 Å². The van der Waals surface area contributed by atoms with Gasteiger partial charge in [-0.1, -0.05) is 42.1 Å². The van der Waals surface area contributed by atoms with Gasteiger partial charge in [0, 0.05) is 12.7 Å². The van der Waals surface area contributed by atoms with Crippen molar-refractivity contribution >= 4 is 46.4 Å². The van der Waals surface area contributed by atoms with Gasteiger partial charge in [-0.25, -0.2) is 4.79 Å². The number of allylic oxidation sites excluding steroid dienone is 1. The number of carboxylic acid groups (broad SMARTS) is 1. The van der Waals surface area contributed by atoms with Crippen LogP contribution >= 0.6 is 23.5 Å². The SMILES string of the molecule is CC(=O)SC(Cc1ccccc1)C(=O)NC1=CCSc2ccc(C(=O)O)n2C1=O. The third-order valence-corrected chi connectivity index (χ3v) is 6.08. The fourth-order valence-corrected chi connectivity index (χ4v) is 4.60. The number of benzene rings is 1. The number of aromatic nitrogens is 1. The Bertz CT molecular complexity index is 998. The van der Waals surface area contributed by atoms with E-state index in [4.69, 9.17) is 0 Å². The lowest BCUT2D eigenvalue weighted by Crippen LogP contribution is -2.38. The maximum absolute atomic E-state index is 12.9. The number of fused-ring (bicyclic) bond motifs is 1. The van der Waals surface area contributed by atoms with E-state index < -0.39 is 23.0 Å². The Kier molecular flexibility index (Phi) is 6.60. The van der Waals surface area contributed by atoms with Crippen molar-refractivity contribution in [3.8, 4) is 0 Å². The zero-order chi connectivity index (χ0) is 21.0. The summed E-state index contributed by atoms with van der Waals surface area (Å²) in [7, 11) is 0. The fraction of sp³-hybridized carbons (Fsp3) is 0.200. The number of carbonyl (C=O) groups is 4. The molecule has 0 spiro atoms. The van der Waals surface area contributed by atoms with E-state index in [2.05, 4.69) is 5.32 Å². The van der Waals surface area contributed by atoms with Gasteiger partial charge in [0.1, 0.15) is 11.4 Å². The summed E-state index contributed by atoms with van der Waals surface area (Å²) in [6.07, 6.45) is 1.88. The molecule has 3 rings (SSSR count). The van der Waals surface area contributed by atoms with Crippen LogP contribution in [0.25, 0.3) is 0 Å². The summed E-state index contributed by atoms with van der Waals surface area (Å²) in [5.74, 6) is -1.93. The van der Waals surface area contributed by atoms with E-state index in [1.54, 1.807) is 12.1 Å².